The molecule has 0 radical (unpaired) electrons. The standard InChI is InChI=1S/C49H36S/c1-3-13-42-38(4-2)48(34-26-24-32(25-27-34)35-28-29-47-45(31-35)41-19-9-10-23-46(41)50-47)43-20-7-8-21-44(43)49(42)37-17-11-16-36(30-37)40-22-12-15-33-14-5-6-18-39(33)40/h4-31H,3H2,1-2H3/b38-4+,42-13+. The second-order valence-corrected chi connectivity index (χ2v) is 14.1. The fourth-order valence-corrected chi connectivity index (χ4v) is 8.96. The SMILES string of the molecule is C/C=c1/c(-c2ccc(-c3ccc4sc5ccccc5c4c3)cc2)c2ccccc2c(-c2cccc(-c3cccc4ccccc34)c2)/c1=C/CC. The van der Waals surface area contributed by atoms with Crippen molar-refractivity contribution in [1.82, 2.24) is 0 Å². The maximum Gasteiger partial charge on any atom is 0.0355 e. The van der Waals surface area contributed by atoms with Crippen LogP contribution in [0.2, 0.25) is 0 Å². The van der Waals surface area contributed by atoms with Crippen LogP contribution >= 0.6 is 11.3 Å². The first-order valence-electron chi connectivity index (χ1n) is 17.5. The van der Waals surface area contributed by atoms with E-state index in [4.69, 9.17) is 0 Å². The van der Waals surface area contributed by atoms with E-state index in [0.29, 0.717) is 0 Å². The van der Waals surface area contributed by atoms with Crippen LogP contribution in [0.15, 0.2) is 158 Å². The van der Waals surface area contributed by atoms with Crippen molar-refractivity contribution in [2.24, 2.45) is 0 Å². The highest BCUT2D eigenvalue weighted by molar-refractivity contribution is 7.25. The molecule has 0 bridgehead atoms. The minimum atomic E-state index is 0.952. The number of benzene rings is 8. The molecule has 0 atom stereocenters. The summed E-state index contributed by atoms with van der Waals surface area (Å²) >= 11 is 1.87. The van der Waals surface area contributed by atoms with Gasteiger partial charge in [-0.1, -0.05) is 153 Å². The van der Waals surface area contributed by atoms with Crippen molar-refractivity contribution in [3.63, 3.8) is 0 Å². The molecule has 9 aromatic rings. The van der Waals surface area contributed by atoms with Crippen molar-refractivity contribution in [3.8, 4) is 44.5 Å². The smallest absolute Gasteiger partial charge is 0.0355 e. The normalized spacial score (nSPS) is 12.5. The largest absolute Gasteiger partial charge is 0.135 e. The lowest BCUT2D eigenvalue weighted by Gasteiger charge is -2.17. The molecule has 1 aromatic heterocycles. The van der Waals surface area contributed by atoms with Crippen LogP contribution in [-0.2, 0) is 0 Å². The highest BCUT2D eigenvalue weighted by Crippen LogP contribution is 2.38. The van der Waals surface area contributed by atoms with Crippen LogP contribution in [0, 0.1) is 0 Å². The zero-order valence-corrected chi connectivity index (χ0v) is 29.1. The molecule has 0 nitrogen and oxygen atoms in total. The molecule has 9 rings (SSSR count). The Labute approximate surface area is 296 Å². The van der Waals surface area contributed by atoms with Crippen LogP contribution in [0.3, 0.4) is 0 Å². The zero-order chi connectivity index (χ0) is 33.6. The van der Waals surface area contributed by atoms with Gasteiger partial charge in [0.1, 0.15) is 0 Å². The topological polar surface area (TPSA) is 0 Å². The molecular weight excluding hydrogens is 621 g/mol. The lowest BCUT2D eigenvalue weighted by atomic mass is 9.86. The quantitative estimate of drug-likeness (QED) is 0.173. The van der Waals surface area contributed by atoms with E-state index in [9.17, 15) is 0 Å². The second kappa shape index (κ2) is 12.6. The molecule has 0 aliphatic rings. The minimum absolute atomic E-state index is 0.952. The van der Waals surface area contributed by atoms with E-state index in [0.717, 1.165) is 6.42 Å². The summed E-state index contributed by atoms with van der Waals surface area (Å²) in [5, 5.41) is 10.4. The van der Waals surface area contributed by atoms with Crippen molar-refractivity contribution in [3.05, 3.63) is 168 Å². The molecule has 238 valence electrons. The summed E-state index contributed by atoms with van der Waals surface area (Å²) < 4.78 is 2.68. The van der Waals surface area contributed by atoms with Gasteiger partial charge in [0.25, 0.3) is 0 Å². The summed E-state index contributed by atoms with van der Waals surface area (Å²) in [5.74, 6) is 0. The highest BCUT2D eigenvalue weighted by Gasteiger charge is 2.16. The van der Waals surface area contributed by atoms with Crippen molar-refractivity contribution < 1.29 is 0 Å². The summed E-state index contributed by atoms with van der Waals surface area (Å²) in [4.78, 5) is 0. The third-order valence-electron chi connectivity index (χ3n) is 10.1. The van der Waals surface area contributed by atoms with Gasteiger partial charge in [-0.05, 0) is 114 Å². The molecule has 50 heavy (non-hydrogen) atoms. The van der Waals surface area contributed by atoms with E-state index in [2.05, 4.69) is 184 Å². The van der Waals surface area contributed by atoms with Gasteiger partial charge in [0, 0.05) is 20.2 Å². The molecule has 0 aliphatic carbocycles. The van der Waals surface area contributed by atoms with Crippen LogP contribution in [0.1, 0.15) is 20.3 Å². The number of hydrogen-bond donors (Lipinski definition) is 0. The van der Waals surface area contributed by atoms with Gasteiger partial charge < -0.3 is 0 Å². The Morgan fingerprint density at radius 1 is 0.440 bits per heavy atom. The van der Waals surface area contributed by atoms with Crippen molar-refractivity contribution in [2.45, 2.75) is 20.3 Å². The van der Waals surface area contributed by atoms with Crippen LogP contribution < -0.4 is 10.4 Å². The molecule has 1 heteroatoms. The second-order valence-electron chi connectivity index (χ2n) is 13.0. The predicted octanol–water partition coefficient (Wildman–Crippen LogP) is 13.0. The van der Waals surface area contributed by atoms with Crippen molar-refractivity contribution in [1.29, 1.82) is 0 Å². The first-order valence-corrected chi connectivity index (χ1v) is 18.4. The Morgan fingerprint density at radius 2 is 1.04 bits per heavy atom. The summed E-state index contributed by atoms with van der Waals surface area (Å²) in [6.07, 6.45) is 5.68. The molecule has 1 heterocycles. The number of hydrogen-bond acceptors (Lipinski definition) is 1. The van der Waals surface area contributed by atoms with Gasteiger partial charge in [-0.25, -0.2) is 0 Å². The highest BCUT2D eigenvalue weighted by atomic mass is 32.1. The van der Waals surface area contributed by atoms with E-state index in [1.807, 2.05) is 11.3 Å². The average Bonchev–Trinajstić information content (AvgIpc) is 3.55. The van der Waals surface area contributed by atoms with E-state index in [1.165, 1.54) is 96.7 Å². The third-order valence-corrected chi connectivity index (χ3v) is 11.3. The van der Waals surface area contributed by atoms with Crippen molar-refractivity contribution in [2.75, 3.05) is 0 Å². The molecule has 0 fully saturated rings. The first kappa shape index (κ1) is 30.3. The maximum absolute atomic E-state index is 2.42. The lowest BCUT2D eigenvalue weighted by molar-refractivity contribution is 1.28. The molecule has 0 saturated heterocycles. The van der Waals surface area contributed by atoms with Crippen LogP contribution in [0.5, 0.6) is 0 Å². The Morgan fingerprint density at radius 3 is 1.82 bits per heavy atom. The molecule has 0 aliphatic heterocycles. The fraction of sp³-hybridized carbons (Fsp3) is 0.0612. The van der Waals surface area contributed by atoms with E-state index >= 15 is 0 Å². The Kier molecular flexibility index (Phi) is 7.64. The minimum Gasteiger partial charge on any atom is -0.135 e. The summed E-state index contributed by atoms with van der Waals surface area (Å²) in [6.45, 7) is 4.43. The van der Waals surface area contributed by atoms with Gasteiger partial charge in [0.15, 0.2) is 0 Å². The Balaban J connectivity index is 1.21. The molecule has 0 saturated carbocycles. The van der Waals surface area contributed by atoms with Gasteiger partial charge in [-0.3, -0.25) is 0 Å². The molecule has 0 spiro atoms. The Bertz CT molecular complexity index is 2850. The summed E-state index contributed by atoms with van der Waals surface area (Å²) in [5.41, 5.74) is 10.1. The molecular formula is C49H36S. The number of rotatable bonds is 5. The lowest BCUT2D eigenvalue weighted by Crippen LogP contribution is -2.29. The maximum atomic E-state index is 2.42. The molecule has 0 amide bonds. The summed E-state index contributed by atoms with van der Waals surface area (Å²) in [7, 11) is 0. The van der Waals surface area contributed by atoms with E-state index < -0.39 is 0 Å². The molecule has 0 unspecified atom stereocenters. The van der Waals surface area contributed by atoms with Gasteiger partial charge in [0.05, 0.1) is 0 Å². The molecule has 8 aromatic carbocycles. The van der Waals surface area contributed by atoms with E-state index in [-0.39, 0.29) is 0 Å². The van der Waals surface area contributed by atoms with Gasteiger partial charge in [-0.2, -0.15) is 0 Å². The summed E-state index contributed by atoms with van der Waals surface area (Å²) in [6, 6.07) is 58.3. The zero-order valence-electron chi connectivity index (χ0n) is 28.3. The van der Waals surface area contributed by atoms with Crippen LogP contribution in [0.4, 0.5) is 0 Å². The number of fused-ring (bicyclic) bond motifs is 5. The van der Waals surface area contributed by atoms with Crippen LogP contribution in [-0.4, -0.2) is 0 Å². The van der Waals surface area contributed by atoms with Gasteiger partial charge in [0.2, 0.25) is 0 Å². The monoisotopic (exact) mass is 656 g/mol. The van der Waals surface area contributed by atoms with Gasteiger partial charge in [-0.15, -0.1) is 11.3 Å². The first-order chi connectivity index (χ1) is 24.7. The predicted molar refractivity (Wildman–Crippen MR) is 220 cm³/mol. The average molecular weight is 657 g/mol. The van der Waals surface area contributed by atoms with Crippen molar-refractivity contribution >= 4 is 65.2 Å². The number of thiophene rings is 1. The van der Waals surface area contributed by atoms with E-state index in [1.54, 1.807) is 0 Å². The molecule has 0 N–H and O–H groups in total. The fourth-order valence-electron chi connectivity index (χ4n) is 7.87. The Hall–Kier alpha value is -5.76. The van der Waals surface area contributed by atoms with Crippen LogP contribution in [0.25, 0.3) is 98.4 Å². The van der Waals surface area contributed by atoms with Gasteiger partial charge >= 0.3 is 0 Å². The third kappa shape index (κ3) is 5.05.